The van der Waals surface area contributed by atoms with Crippen molar-refractivity contribution in [1.82, 2.24) is 24.9 Å². The van der Waals surface area contributed by atoms with Gasteiger partial charge in [-0.05, 0) is 35.6 Å². The van der Waals surface area contributed by atoms with Crippen molar-refractivity contribution in [1.29, 1.82) is 0 Å². The fourth-order valence-corrected chi connectivity index (χ4v) is 3.42. The van der Waals surface area contributed by atoms with Gasteiger partial charge in [0.2, 0.25) is 0 Å². The number of nitrogens with zero attached hydrogens (tertiary/aromatic N) is 3. The predicted octanol–water partition coefficient (Wildman–Crippen LogP) is 5.31. The number of aryl methyl sites for hydroxylation is 1. The van der Waals surface area contributed by atoms with Crippen molar-refractivity contribution in [2.45, 2.75) is 52.9 Å². The molecule has 5 nitrogen and oxygen atoms in total. The molecule has 0 fully saturated rings. The number of imidazole rings is 2. The van der Waals surface area contributed by atoms with Crippen LogP contribution in [-0.4, -0.2) is 24.9 Å². The smallest absolute Gasteiger partial charge is 0.160 e. The van der Waals surface area contributed by atoms with Crippen LogP contribution in [0.1, 0.15) is 63.4 Å². The van der Waals surface area contributed by atoms with E-state index in [0.717, 1.165) is 46.0 Å². The van der Waals surface area contributed by atoms with Crippen molar-refractivity contribution < 1.29 is 0 Å². The van der Waals surface area contributed by atoms with Gasteiger partial charge in [0.15, 0.2) is 11.3 Å². The number of aromatic nitrogens is 5. The fraction of sp³-hybridized carbons (Fsp3) is 0.381. The molecule has 0 unspecified atom stereocenters. The summed E-state index contributed by atoms with van der Waals surface area (Å²) in [6.45, 7) is 10.9. The van der Waals surface area contributed by atoms with Gasteiger partial charge in [0.25, 0.3) is 0 Å². The zero-order valence-corrected chi connectivity index (χ0v) is 16.0. The zero-order valence-electron chi connectivity index (χ0n) is 16.0. The Bertz CT molecular complexity index is 1030. The molecule has 0 saturated carbocycles. The molecule has 3 heterocycles. The number of hydrogen-bond donors (Lipinski definition) is 2. The Labute approximate surface area is 153 Å². The minimum atomic E-state index is 0.345. The maximum absolute atomic E-state index is 4.77. The lowest BCUT2D eigenvalue weighted by Crippen LogP contribution is -1.96. The van der Waals surface area contributed by atoms with Crippen LogP contribution in [0.25, 0.3) is 33.7 Å². The third kappa shape index (κ3) is 2.77. The molecular weight excluding hydrogens is 322 g/mol. The summed E-state index contributed by atoms with van der Waals surface area (Å²) < 4.78 is 0. The third-order valence-electron chi connectivity index (χ3n) is 4.90. The van der Waals surface area contributed by atoms with Crippen LogP contribution in [0.5, 0.6) is 0 Å². The molecule has 1 aromatic carbocycles. The second-order valence-corrected chi connectivity index (χ2v) is 7.51. The molecule has 5 heteroatoms. The quantitative estimate of drug-likeness (QED) is 0.525. The fourth-order valence-electron chi connectivity index (χ4n) is 3.42. The monoisotopic (exact) mass is 347 g/mol. The van der Waals surface area contributed by atoms with E-state index in [9.17, 15) is 0 Å². The zero-order chi connectivity index (χ0) is 18.4. The first kappa shape index (κ1) is 16.8. The normalized spacial score (nSPS) is 12.1. The summed E-state index contributed by atoms with van der Waals surface area (Å²) in [7, 11) is 0. The van der Waals surface area contributed by atoms with Crippen LogP contribution in [0.2, 0.25) is 0 Å². The van der Waals surface area contributed by atoms with Crippen LogP contribution < -0.4 is 0 Å². The minimum absolute atomic E-state index is 0.345. The van der Waals surface area contributed by atoms with Gasteiger partial charge in [0.05, 0.1) is 0 Å². The molecule has 0 radical (unpaired) electrons. The highest BCUT2D eigenvalue weighted by molar-refractivity contribution is 5.87. The van der Waals surface area contributed by atoms with Gasteiger partial charge in [-0.25, -0.2) is 15.0 Å². The summed E-state index contributed by atoms with van der Waals surface area (Å²) in [5.74, 6) is 2.68. The van der Waals surface area contributed by atoms with E-state index in [1.807, 2.05) is 6.07 Å². The first-order valence-corrected chi connectivity index (χ1v) is 9.35. The molecule has 0 bridgehead atoms. The van der Waals surface area contributed by atoms with Crippen molar-refractivity contribution in [3.05, 3.63) is 41.2 Å². The largest absolute Gasteiger partial charge is 0.326 e. The number of aromatic amines is 2. The lowest BCUT2D eigenvalue weighted by atomic mass is 9.94. The molecule has 0 atom stereocenters. The Morgan fingerprint density at radius 1 is 0.846 bits per heavy atom. The van der Waals surface area contributed by atoms with Gasteiger partial charge in [0, 0.05) is 11.5 Å². The molecule has 0 aliphatic carbocycles. The summed E-state index contributed by atoms with van der Waals surface area (Å²) in [6, 6.07) is 8.62. The highest BCUT2D eigenvalue weighted by Crippen LogP contribution is 2.27. The Morgan fingerprint density at radius 2 is 1.58 bits per heavy atom. The average molecular weight is 347 g/mol. The molecule has 0 saturated heterocycles. The van der Waals surface area contributed by atoms with Crippen LogP contribution >= 0.6 is 0 Å². The van der Waals surface area contributed by atoms with Gasteiger partial charge in [-0.3, -0.25) is 0 Å². The van der Waals surface area contributed by atoms with Crippen molar-refractivity contribution >= 4 is 22.3 Å². The molecule has 0 spiro atoms. The Balaban J connectivity index is 1.80. The van der Waals surface area contributed by atoms with Crippen LogP contribution in [0.4, 0.5) is 0 Å². The van der Waals surface area contributed by atoms with E-state index in [4.69, 9.17) is 4.98 Å². The number of benzene rings is 1. The van der Waals surface area contributed by atoms with E-state index < -0.39 is 0 Å². The number of fused-ring (bicyclic) bond motifs is 2. The highest BCUT2D eigenvalue weighted by atomic mass is 15.1. The number of H-pyrrole nitrogens is 2. The molecule has 4 aromatic rings. The number of rotatable bonds is 4. The maximum Gasteiger partial charge on any atom is 0.160 e. The molecule has 3 aromatic heterocycles. The van der Waals surface area contributed by atoms with Gasteiger partial charge >= 0.3 is 0 Å². The van der Waals surface area contributed by atoms with E-state index in [0.29, 0.717) is 11.8 Å². The number of nitrogens with one attached hydrogen (secondary N) is 2. The molecule has 26 heavy (non-hydrogen) atoms. The van der Waals surface area contributed by atoms with Gasteiger partial charge in [-0.15, -0.1) is 0 Å². The molecular formula is C21H25N5. The summed E-state index contributed by atoms with van der Waals surface area (Å²) in [4.78, 5) is 20.8. The van der Waals surface area contributed by atoms with E-state index in [1.54, 1.807) is 0 Å². The number of pyridine rings is 1. The average Bonchev–Trinajstić information content (AvgIpc) is 3.21. The Hall–Kier alpha value is -2.69. The van der Waals surface area contributed by atoms with Gasteiger partial charge in [-0.1, -0.05) is 46.8 Å². The SMILES string of the molecule is CCc1cc(-c2nc3cc4nc(C(C)C)[nH]c4nc3[nH]2)ccc1C(C)C. The molecule has 0 amide bonds. The summed E-state index contributed by atoms with van der Waals surface area (Å²) in [5, 5.41) is 0. The lowest BCUT2D eigenvalue weighted by molar-refractivity contribution is 0.798. The van der Waals surface area contributed by atoms with Crippen LogP contribution in [0.3, 0.4) is 0 Å². The van der Waals surface area contributed by atoms with Gasteiger partial charge in [0.1, 0.15) is 22.7 Å². The molecule has 2 N–H and O–H groups in total. The maximum atomic E-state index is 4.77. The molecule has 4 rings (SSSR count). The van der Waals surface area contributed by atoms with Crippen LogP contribution in [0.15, 0.2) is 24.3 Å². The van der Waals surface area contributed by atoms with Crippen molar-refractivity contribution in [2.24, 2.45) is 0 Å². The van der Waals surface area contributed by atoms with Crippen molar-refractivity contribution in [2.75, 3.05) is 0 Å². The molecule has 134 valence electrons. The molecule has 0 aliphatic heterocycles. The van der Waals surface area contributed by atoms with E-state index >= 15 is 0 Å². The van der Waals surface area contributed by atoms with Crippen LogP contribution in [0, 0.1) is 0 Å². The first-order valence-electron chi connectivity index (χ1n) is 9.35. The van der Waals surface area contributed by atoms with E-state index in [-0.39, 0.29) is 0 Å². The second kappa shape index (κ2) is 6.24. The topological polar surface area (TPSA) is 70.2 Å². The predicted molar refractivity (Wildman–Crippen MR) is 107 cm³/mol. The van der Waals surface area contributed by atoms with E-state index in [2.05, 4.69) is 72.8 Å². The Kier molecular flexibility index (Phi) is 4.02. The summed E-state index contributed by atoms with van der Waals surface area (Å²) in [5.41, 5.74) is 7.19. The van der Waals surface area contributed by atoms with E-state index in [1.165, 1.54) is 11.1 Å². The highest BCUT2D eigenvalue weighted by Gasteiger charge is 2.13. The minimum Gasteiger partial charge on any atom is -0.326 e. The first-order chi connectivity index (χ1) is 12.5. The Morgan fingerprint density at radius 3 is 2.27 bits per heavy atom. The standard InChI is InChI=1S/C21H25N5/c1-6-13-9-14(7-8-15(13)11(2)3)19-23-17-10-16-20(26-21(17)25-19)24-18(22-16)12(4)5/h7-12H,6H2,1-5H3,(H2,22,23,24,25,26). The summed E-state index contributed by atoms with van der Waals surface area (Å²) in [6.07, 6.45) is 1.02. The lowest BCUT2D eigenvalue weighted by Gasteiger charge is -2.12. The molecule has 0 aliphatic rings. The third-order valence-corrected chi connectivity index (χ3v) is 4.90. The number of hydrogen-bond acceptors (Lipinski definition) is 3. The summed E-state index contributed by atoms with van der Waals surface area (Å²) >= 11 is 0. The van der Waals surface area contributed by atoms with Gasteiger partial charge in [-0.2, -0.15) is 0 Å². The van der Waals surface area contributed by atoms with Crippen LogP contribution in [-0.2, 0) is 6.42 Å². The van der Waals surface area contributed by atoms with Crippen molar-refractivity contribution in [3.8, 4) is 11.4 Å². The second-order valence-electron chi connectivity index (χ2n) is 7.51. The van der Waals surface area contributed by atoms with Gasteiger partial charge < -0.3 is 9.97 Å². The van der Waals surface area contributed by atoms with Crippen molar-refractivity contribution in [3.63, 3.8) is 0 Å².